The molecule has 0 atom stereocenters. The summed E-state index contributed by atoms with van der Waals surface area (Å²) in [7, 11) is 4.53. The summed E-state index contributed by atoms with van der Waals surface area (Å²) >= 11 is 0. The van der Waals surface area contributed by atoms with E-state index in [1.807, 2.05) is 29.8 Å². The minimum atomic E-state index is -0.262. The molecule has 1 aliphatic rings. The van der Waals surface area contributed by atoms with E-state index in [0.29, 0.717) is 46.7 Å². The standard InChI is InChI=1S/C28H31N3O5/c1-16-14-31(22-12-28(2,3)13-23(33)25(16)22)19-7-8-20(27(34)29-4)21(11-19)30-18-9-17(15-32)26(36-6)24(10-18)35-5/h7-11,14-15,30H,12-13H2,1-6H3,(H,29,34). The van der Waals surface area contributed by atoms with E-state index in [0.717, 1.165) is 28.9 Å². The average Bonchev–Trinajstić information content (AvgIpc) is 3.17. The lowest BCUT2D eigenvalue weighted by Crippen LogP contribution is -2.28. The number of aryl methyl sites for hydroxylation is 1. The topological polar surface area (TPSA) is 98.7 Å². The van der Waals surface area contributed by atoms with Gasteiger partial charge < -0.3 is 24.7 Å². The van der Waals surface area contributed by atoms with Gasteiger partial charge in [-0.3, -0.25) is 14.4 Å². The van der Waals surface area contributed by atoms with Crippen LogP contribution in [0.2, 0.25) is 0 Å². The Kier molecular flexibility index (Phi) is 6.63. The lowest BCUT2D eigenvalue weighted by Gasteiger charge is -2.30. The van der Waals surface area contributed by atoms with Gasteiger partial charge in [0.2, 0.25) is 0 Å². The number of carbonyl (C=O) groups is 3. The van der Waals surface area contributed by atoms with E-state index in [1.54, 1.807) is 25.2 Å². The molecule has 4 rings (SSSR count). The van der Waals surface area contributed by atoms with Gasteiger partial charge >= 0.3 is 0 Å². The number of aromatic nitrogens is 1. The van der Waals surface area contributed by atoms with Crippen molar-refractivity contribution in [3.63, 3.8) is 0 Å². The molecule has 1 aliphatic carbocycles. The van der Waals surface area contributed by atoms with Crippen LogP contribution in [-0.2, 0) is 6.42 Å². The van der Waals surface area contributed by atoms with E-state index in [1.165, 1.54) is 14.2 Å². The van der Waals surface area contributed by atoms with Crippen molar-refractivity contribution in [2.75, 3.05) is 26.6 Å². The third-order valence-electron chi connectivity index (χ3n) is 6.53. The van der Waals surface area contributed by atoms with E-state index < -0.39 is 0 Å². The monoisotopic (exact) mass is 489 g/mol. The zero-order valence-electron chi connectivity index (χ0n) is 21.4. The molecule has 188 valence electrons. The van der Waals surface area contributed by atoms with Crippen molar-refractivity contribution in [3.05, 3.63) is 64.5 Å². The van der Waals surface area contributed by atoms with E-state index in [2.05, 4.69) is 24.5 Å². The van der Waals surface area contributed by atoms with Crippen molar-refractivity contribution >= 4 is 29.4 Å². The molecule has 8 nitrogen and oxygen atoms in total. The van der Waals surface area contributed by atoms with E-state index in [-0.39, 0.29) is 17.1 Å². The number of fused-ring (bicyclic) bond motifs is 1. The summed E-state index contributed by atoms with van der Waals surface area (Å²) in [6.07, 6.45) is 3.95. The number of anilines is 2. The Balaban J connectivity index is 1.85. The second kappa shape index (κ2) is 9.53. The first-order valence-electron chi connectivity index (χ1n) is 11.7. The molecule has 1 amide bonds. The number of hydrogen-bond donors (Lipinski definition) is 2. The Morgan fingerprint density at radius 3 is 2.50 bits per heavy atom. The quantitative estimate of drug-likeness (QED) is 0.459. The number of amides is 1. The lowest BCUT2D eigenvalue weighted by atomic mass is 9.75. The van der Waals surface area contributed by atoms with Crippen LogP contribution in [0, 0.1) is 12.3 Å². The van der Waals surface area contributed by atoms with Gasteiger partial charge in [0.15, 0.2) is 23.6 Å². The van der Waals surface area contributed by atoms with Crippen molar-refractivity contribution in [2.45, 2.75) is 33.6 Å². The second-order valence-corrected chi connectivity index (χ2v) is 9.80. The molecule has 0 fully saturated rings. The zero-order chi connectivity index (χ0) is 26.2. The van der Waals surface area contributed by atoms with Crippen LogP contribution in [-0.4, -0.2) is 43.8 Å². The van der Waals surface area contributed by atoms with Crippen LogP contribution in [0.5, 0.6) is 11.5 Å². The van der Waals surface area contributed by atoms with Crippen LogP contribution in [0.1, 0.15) is 62.6 Å². The number of aldehydes is 1. The van der Waals surface area contributed by atoms with Crippen LogP contribution < -0.4 is 20.1 Å². The summed E-state index contributed by atoms with van der Waals surface area (Å²) in [6.45, 7) is 6.15. The van der Waals surface area contributed by atoms with E-state index in [9.17, 15) is 14.4 Å². The molecule has 2 N–H and O–H groups in total. The summed E-state index contributed by atoms with van der Waals surface area (Å²) in [5.74, 6) is 0.616. The number of benzene rings is 2. The summed E-state index contributed by atoms with van der Waals surface area (Å²) in [5, 5.41) is 5.94. The van der Waals surface area contributed by atoms with Gasteiger partial charge in [-0.15, -0.1) is 0 Å². The predicted octanol–water partition coefficient (Wildman–Crippen LogP) is 4.87. The third-order valence-corrected chi connectivity index (χ3v) is 6.53. The van der Waals surface area contributed by atoms with Gasteiger partial charge in [-0.2, -0.15) is 0 Å². The number of ketones is 1. The number of methoxy groups -OCH3 is 2. The first kappa shape index (κ1) is 25.0. The smallest absolute Gasteiger partial charge is 0.253 e. The molecule has 0 saturated carbocycles. The van der Waals surface area contributed by atoms with Crippen LogP contribution in [0.25, 0.3) is 5.69 Å². The SMILES string of the molecule is CNC(=O)c1ccc(-n2cc(C)c3c2CC(C)(C)CC3=O)cc1Nc1cc(C=O)c(OC)c(OC)c1. The maximum absolute atomic E-state index is 12.9. The molecular formula is C28H31N3O5. The minimum Gasteiger partial charge on any atom is -0.493 e. The molecule has 1 aromatic heterocycles. The summed E-state index contributed by atoms with van der Waals surface area (Å²) < 4.78 is 12.8. The molecule has 0 saturated heterocycles. The van der Waals surface area contributed by atoms with Gasteiger partial charge in [0.1, 0.15) is 0 Å². The Bertz CT molecular complexity index is 1370. The molecule has 0 unspecified atom stereocenters. The molecular weight excluding hydrogens is 458 g/mol. The molecule has 2 aromatic carbocycles. The number of rotatable bonds is 7. The van der Waals surface area contributed by atoms with Crippen molar-refractivity contribution in [2.24, 2.45) is 5.41 Å². The largest absolute Gasteiger partial charge is 0.493 e. The Morgan fingerprint density at radius 2 is 1.86 bits per heavy atom. The molecule has 1 heterocycles. The third kappa shape index (κ3) is 4.46. The Labute approximate surface area is 210 Å². The Hall–Kier alpha value is -4.07. The van der Waals surface area contributed by atoms with Crippen molar-refractivity contribution < 1.29 is 23.9 Å². The minimum absolute atomic E-state index is 0.138. The average molecular weight is 490 g/mol. The summed E-state index contributed by atoms with van der Waals surface area (Å²) in [5.41, 5.74) is 5.21. The van der Waals surface area contributed by atoms with Crippen molar-refractivity contribution in [3.8, 4) is 17.2 Å². The number of ether oxygens (including phenoxy) is 2. The maximum atomic E-state index is 12.9. The number of carbonyl (C=O) groups excluding carboxylic acids is 3. The van der Waals surface area contributed by atoms with Crippen LogP contribution >= 0.6 is 0 Å². The number of hydrogen-bond acceptors (Lipinski definition) is 6. The van der Waals surface area contributed by atoms with E-state index in [4.69, 9.17) is 9.47 Å². The van der Waals surface area contributed by atoms with Crippen LogP contribution in [0.4, 0.5) is 11.4 Å². The fourth-order valence-electron chi connectivity index (χ4n) is 4.94. The van der Waals surface area contributed by atoms with Gasteiger partial charge in [0, 0.05) is 48.4 Å². The van der Waals surface area contributed by atoms with Gasteiger partial charge in [0.25, 0.3) is 5.91 Å². The molecule has 0 spiro atoms. The van der Waals surface area contributed by atoms with Gasteiger partial charge in [0.05, 0.1) is 31.0 Å². The number of nitrogens with one attached hydrogen (secondary N) is 2. The molecule has 8 heteroatoms. The maximum Gasteiger partial charge on any atom is 0.253 e. The molecule has 0 bridgehead atoms. The number of nitrogens with zero attached hydrogens (tertiary/aromatic N) is 1. The highest BCUT2D eigenvalue weighted by atomic mass is 16.5. The van der Waals surface area contributed by atoms with Crippen molar-refractivity contribution in [1.82, 2.24) is 9.88 Å². The predicted molar refractivity (Wildman–Crippen MR) is 139 cm³/mol. The van der Waals surface area contributed by atoms with Crippen molar-refractivity contribution in [1.29, 1.82) is 0 Å². The molecule has 3 aromatic rings. The first-order valence-corrected chi connectivity index (χ1v) is 11.7. The fraction of sp³-hybridized carbons (Fsp3) is 0.321. The van der Waals surface area contributed by atoms with Crippen LogP contribution in [0.3, 0.4) is 0 Å². The number of Topliss-reactive ketones (excluding diaryl/α,β-unsaturated/α-hetero) is 1. The lowest BCUT2D eigenvalue weighted by molar-refractivity contribution is 0.0908. The van der Waals surface area contributed by atoms with Crippen LogP contribution in [0.15, 0.2) is 36.5 Å². The highest BCUT2D eigenvalue weighted by molar-refractivity contribution is 6.02. The molecule has 36 heavy (non-hydrogen) atoms. The van der Waals surface area contributed by atoms with Gasteiger partial charge in [-0.05, 0) is 48.6 Å². The zero-order valence-corrected chi connectivity index (χ0v) is 21.4. The van der Waals surface area contributed by atoms with E-state index >= 15 is 0 Å². The summed E-state index contributed by atoms with van der Waals surface area (Å²) in [6, 6.07) is 8.82. The first-order chi connectivity index (χ1) is 17.1. The molecule has 0 radical (unpaired) electrons. The second-order valence-electron chi connectivity index (χ2n) is 9.80. The Morgan fingerprint density at radius 1 is 1.11 bits per heavy atom. The fourth-order valence-corrected chi connectivity index (χ4v) is 4.94. The van der Waals surface area contributed by atoms with Gasteiger partial charge in [-0.1, -0.05) is 13.8 Å². The van der Waals surface area contributed by atoms with Gasteiger partial charge in [-0.25, -0.2) is 0 Å². The highest BCUT2D eigenvalue weighted by Crippen LogP contribution is 2.39. The summed E-state index contributed by atoms with van der Waals surface area (Å²) in [4.78, 5) is 37.3. The highest BCUT2D eigenvalue weighted by Gasteiger charge is 2.34. The normalized spacial score (nSPS) is 14.1. The molecule has 0 aliphatic heterocycles.